The average molecular weight is 320 g/mol. The summed E-state index contributed by atoms with van der Waals surface area (Å²) in [7, 11) is 0. The first-order valence-corrected chi connectivity index (χ1v) is 8.29. The number of benzene rings is 1. The lowest BCUT2D eigenvalue weighted by Crippen LogP contribution is -2.43. The zero-order valence-electron chi connectivity index (χ0n) is 14.5. The molecule has 23 heavy (non-hydrogen) atoms. The quantitative estimate of drug-likeness (QED) is 0.796. The Kier molecular flexibility index (Phi) is 5.52. The molecule has 1 amide bonds. The number of aryl methyl sites for hydroxylation is 1. The molecular weight excluding hydrogens is 292 g/mol. The number of fused-ring (bicyclic) bond motifs is 1. The highest BCUT2D eigenvalue weighted by molar-refractivity contribution is 5.68. The lowest BCUT2D eigenvalue weighted by atomic mass is 9.87. The van der Waals surface area contributed by atoms with Crippen molar-refractivity contribution in [1.82, 2.24) is 10.6 Å². The molecule has 1 aromatic carbocycles. The first-order valence-electron chi connectivity index (χ1n) is 8.29. The number of rotatable bonds is 4. The number of alkyl carbamates (subject to hydrolysis) is 1. The lowest BCUT2D eigenvalue weighted by Gasteiger charge is -2.28. The standard InChI is InChI=1S/C18H28N2O3/c1-12(20-17(22)23-18(2,3)4)11-19-16-7-5-6-13-10-14(21)8-9-15(13)16/h8-10,12,16,19,21H,5-7,11H2,1-4H3,(H,20,22). The van der Waals surface area contributed by atoms with Crippen LogP contribution in [0.15, 0.2) is 18.2 Å². The van der Waals surface area contributed by atoms with Crippen LogP contribution in [-0.2, 0) is 11.2 Å². The molecule has 1 aromatic rings. The number of nitrogens with one attached hydrogen (secondary N) is 2. The van der Waals surface area contributed by atoms with Crippen LogP contribution >= 0.6 is 0 Å². The molecule has 0 spiro atoms. The van der Waals surface area contributed by atoms with Gasteiger partial charge in [-0.25, -0.2) is 4.79 Å². The molecule has 128 valence electrons. The Hall–Kier alpha value is -1.75. The van der Waals surface area contributed by atoms with E-state index in [0.717, 1.165) is 19.3 Å². The molecule has 5 nitrogen and oxygen atoms in total. The van der Waals surface area contributed by atoms with E-state index in [4.69, 9.17) is 4.74 Å². The first-order chi connectivity index (χ1) is 10.7. The summed E-state index contributed by atoms with van der Waals surface area (Å²) in [5.41, 5.74) is 1.97. The van der Waals surface area contributed by atoms with Crippen LogP contribution in [0, 0.1) is 0 Å². The van der Waals surface area contributed by atoms with Gasteiger partial charge >= 0.3 is 6.09 Å². The second-order valence-corrected chi connectivity index (χ2v) is 7.28. The summed E-state index contributed by atoms with van der Waals surface area (Å²) in [6, 6.07) is 5.83. The number of carbonyl (C=O) groups is 1. The molecular formula is C18H28N2O3. The summed E-state index contributed by atoms with van der Waals surface area (Å²) in [4.78, 5) is 11.8. The van der Waals surface area contributed by atoms with Gasteiger partial charge in [-0.3, -0.25) is 0 Å². The number of aromatic hydroxyl groups is 1. The number of amides is 1. The summed E-state index contributed by atoms with van der Waals surface area (Å²) in [5.74, 6) is 0.323. The normalized spacial score (nSPS) is 18.9. The van der Waals surface area contributed by atoms with Gasteiger partial charge in [0.05, 0.1) is 0 Å². The van der Waals surface area contributed by atoms with Crippen molar-refractivity contribution in [1.29, 1.82) is 0 Å². The van der Waals surface area contributed by atoms with Crippen molar-refractivity contribution in [2.75, 3.05) is 6.54 Å². The van der Waals surface area contributed by atoms with Crippen LogP contribution < -0.4 is 10.6 Å². The largest absolute Gasteiger partial charge is 0.508 e. The fourth-order valence-electron chi connectivity index (χ4n) is 2.89. The van der Waals surface area contributed by atoms with E-state index in [-0.39, 0.29) is 18.2 Å². The molecule has 0 radical (unpaired) electrons. The lowest BCUT2D eigenvalue weighted by molar-refractivity contribution is 0.0507. The van der Waals surface area contributed by atoms with Crippen molar-refractivity contribution in [3.8, 4) is 5.75 Å². The van der Waals surface area contributed by atoms with Crippen LogP contribution in [0.5, 0.6) is 5.75 Å². The van der Waals surface area contributed by atoms with E-state index in [1.165, 1.54) is 11.1 Å². The van der Waals surface area contributed by atoms with Gasteiger partial charge in [-0.15, -0.1) is 0 Å². The van der Waals surface area contributed by atoms with Gasteiger partial charge in [-0.2, -0.15) is 0 Å². The third kappa shape index (κ3) is 5.43. The molecule has 0 aromatic heterocycles. The van der Waals surface area contributed by atoms with E-state index in [1.807, 2.05) is 39.8 Å². The number of ether oxygens (including phenoxy) is 1. The third-order valence-corrected chi connectivity index (χ3v) is 3.87. The van der Waals surface area contributed by atoms with E-state index in [2.05, 4.69) is 10.6 Å². The van der Waals surface area contributed by atoms with Crippen molar-refractivity contribution in [2.45, 2.75) is 64.6 Å². The van der Waals surface area contributed by atoms with Crippen LogP contribution in [0.3, 0.4) is 0 Å². The maximum absolute atomic E-state index is 11.8. The number of hydrogen-bond acceptors (Lipinski definition) is 4. The maximum atomic E-state index is 11.8. The van der Waals surface area contributed by atoms with Crippen molar-refractivity contribution in [3.05, 3.63) is 29.3 Å². The van der Waals surface area contributed by atoms with Crippen LogP contribution in [0.1, 0.15) is 57.7 Å². The predicted molar refractivity (Wildman–Crippen MR) is 90.6 cm³/mol. The summed E-state index contributed by atoms with van der Waals surface area (Å²) in [6.07, 6.45) is 2.78. The van der Waals surface area contributed by atoms with Gasteiger partial charge in [-0.1, -0.05) is 6.07 Å². The van der Waals surface area contributed by atoms with E-state index in [0.29, 0.717) is 12.3 Å². The van der Waals surface area contributed by atoms with Crippen LogP contribution in [0.4, 0.5) is 4.79 Å². The SMILES string of the molecule is CC(CNC1CCCc2cc(O)ccc21)NC(=O)OC(C)(C)C. The monoisotopic (exact) mass is 320 g/mol. The first kappa shape index (κ1) is 17.6. The van der Waals surface area contributed by atoms with Crippen molar-refractivity contribution < 1.29 is 14.6 Å². The van der Waals surface area contributed by atoms with Gasteiger partial charge in [0, 0.05) is 18.6 Å². The molecule has 0 saturated heterocycles. The topological polar surface area (TPSA) is 70.6 Å². The van der Waals surface area contributed by atoms with Gasteiger partial charge in [0.1, 0.15) is 11.4 Å². The highest BCUT2D eigenvalue weighted by Crippen LogP contribution is 2.31. The third-order valence-electron chi connectivity index (χ3n) is 3.87. The molecule has 2 rings (SSSR count). The number of phenols is 1. The van der Waals surface area contributed by atoms with Gasteiger partial charge in [0.15, 0.2) is 0 Å². The summed E-state index contributed by atoms with van der Waals surface area (Å²) >= 11 is 0. The van der Waals surface area contributed by atoms with E-state index < -0.39 is 5.60 Å². The van der Waals surface area contributed by atoms with Crippen molar-refractivity contribution in [2.24, 2.45) is 0 Å². The van der Waals surface area contributed by atoms with E-state index in [1.54, 1.807) is 6.07 Å². The maximum Gasteiger partial charge on any atom is 0.407 e. The van der Waals surface area contributed by atoms with Gasteiger partial charge in [0.2, 0.25) is 0 Å². The van der Waals surface area contributed by atoms with Crippen molar-refractivity contribution >= 4 is 6.09 Å². The number of phenolic OH excluding ortho intramolecular Hbond substituents is 1. The molecule has 2 unspecified atom stereocenters. The molecule has 3 N–H and O–H groups in total. The minimum atomic E-state index is -0.485. The Labute approximate surface area is 138 Å². The fourth-order valence-corrected chi connectivity index (χ4v) is 2.89. The predicted octanol–water partition coefficient (Wildman–Crippen LogP) is 3.27. The van der Waals surface area contributed by atoms with Gasteiger partial charge in [0.25, 0.3) is 0 Å². The van der Waals surface area contributed by atoms with E-state index in [9.17, 15) is 9.90 Å². The summed E-state index contributed by atoms with van der Waals surface area (Å²) < 4.78 is 5.26. The molecule has 0 saturated carbocycles. The Morgan fingerprint density at radius 3 is 2.87 bits per heavy atom. The Morgan fingerprint density at radius 1 is 1.43 bits per heavy atom. The number of carbonyl (C=O) groups excluding carboxylic acids is 1. The summed E-state index contributed by atoms with van der Waals surface area (Å²) in [5, 5.41) is 16.0. The van der Waals surface area contributed by atoms with Gasteiger partial charge < -0.3 is 20.5 Å². The molecule has 1 aliphatic carbocycles. The molecule has 5 heteroatoms. The Morgan fingerprint density at radius 2 is 2.17 bits per heavy atom. The average Bonchev–Trinajstić information content (AvgIpc) is 2.42. The zero-order valence-corrected chi connectivity index (χ0v) is 14.5. The number of hydrogen-bond donors (Lipinski definition) is 3. The van der Waals surface area contributed by atoms with E-state index >= 15 is 0 Å². The summed E-state index contributed by atoms with van der Waals surface area (Å²) in [6.45, 7) is 8.18. The molecule has 2 atom stereocenters. The molecule has 0 heterocycles. The second-order valence-electron chi connectivity index (χ2n) is 7.28. The zero-order chi connectivity index (χ0) is 17.0. The van der Waals surface area contributed by atoms with Gasteiger partial charge in [-0.05, 0) is 70.2 Å². The molecule has 0 aliphatic heterocycles. The minimum absolute atomic E-state index is 0.0210. The van der Waals surface area contributed by atoms with Crippen LogP contribution in [0.2, 0.25) is 0 Å². The molecule has 0 bridgehead atoms. The smallest absolute Gasteiger partial charge is 0.407 e. The Bertz CT molecular complexity index is 552. The van der Waals surface area contributed by atoms with Crippen molar-refractivity contribution in [3.63, 3.8) is 0 Å². The van der Waals surface area contributed by atoms with Crippen LogP contribution in [0.25, 0.3) is 0 Å². The van der Waals surface area contributed by atoms with Crippen LogP contribution in [-0.4, -0.2) is 29.4 Å². The minimum Gasteiger partial charge on any atom is -0.508 e. The molecule has 0 fully saturated rings. The second kappa shape index (κ2) is 7.21. The highest BCUT2D eigenvalue weighted by Gasteiger charge is 2.22. The fraction of sp³-hybridized carbons (Fsp3) is 0.611. The molecule has 1 aliphatic rings. The highest BCUT2D eigenvalue weighted by atomic mass is 16.6. The Balaban J connectivity index is 1.86.